The molecule has 21 heavy (non-hydrogen) atoms. The molecule has 1 heterocycles. The predicted octanol–water partition coefficient (Wildman–Crippen LogP) is 2.37. The summed E-state index contributed by atoms with van der Waals surface area (Å²) in [6.07, 6.45) is -0.523. The third kappa shape index (κ3) is 4.58. The smallest absolute Gasteiger partial charge is 0.125 e. The average Bonchev–Trinajstić information content (AvgIpc) is 2.43. The number of aliphatic hydroxyl groups is 1. The third-order valence-corrected chi connectivity index (χ3v) is 4.06. The Bertz CT molecular complexity index is 474. The van der Waals surface area contributed by atoms with Crippen molar-refractivity contribution in [1.82, 2.24) is 10.2 Å². The first-order chi connectivity index (χ1) is 9.97. The van der Waals surface area contributed by atoms with Gasteiger partial charge in [-0.05, 0) is 38.5 Å². The van der Waals surface area contributed by atoms with E-state index in [9.17, 15) is 5.11 Å². The van der Waals surface area contributed by atoms with Crippen LogP contribution in [-0.4, -0.2) is 48.8 Å². The van der Waals surface area contributed by atoms with Gasteiger partial charge in [0.05, 0.1) is 12.2 Å². The van der Waals surface area contributed by atoms with Gasteiger partial charge in [0.1, 0.15) is 5.75 Å². The average molecular weight is 313 g/mol. The van der Waals surface area contributed by atoms with E-state index in [4.69, 9.17) is 16.3 Å². The summed E-state index contributed by atoms with van der Waals surface area (Å²) in [5.41, 5.74) is 1.74. The van der Waals surface area contributed by atoms with Crippen molar-refractivity contribution in [2.24, 2.45) is 0 Å². The fraction of sp³-hybridized carbons (Fsp3) is 0.625. The zero-order valence-corrected chi connectivity index (χ0v) is 13.8. The Labute approximate surface area is 132 Å². The van der Waals surface area contributed by atoms with E-state index in [1.165, 1.54) is 0 Å². The minimum absolute atomic E-state index is 0.0655. The zero-order valence-electron chi connectivity index (χ0n) is 13.0. The van der Waals surface area contributed by atoms with Gasteiger partial charge >= 0.3 is 0 Å². The van der Waals surface area contributed by atoms with Crippen molar-refractivity contribution in [3.05, 3.63) is 28.3 Å². The molecule has 0 bridgehead atoms. The number of aliphatic hydroxyl groups excluding tert-OH is 1. The molecule has 1 atom stereocenters. The van der Waals surface area contributed by atoms with Crippen molar-refractivity contribution in [3.63, 3.8) is 0 Å². The summed E-state index contributed by atoms with van der Waals surface area (Å²) < 4.78 is 5.84. The Kier molecular flexibility index (Phi) is 5.88. The van der Waals surface area contributed by atoms with Gasteiger partial charge in [0, 0.05) is 43.3 Å². The van der Waals surface area contributed by atoms with Crippen LogP contribution in [0.4, 0.5) is 0 Å². The molecule has 1 aliphatic heterocycles. The molecule has 2 rings (SSSR count). The molecule has 0 radical (unpaired) electrons. The van der Waals surface area contributed by atoms with Crippen molar-refractivity contribution in [1.29, 1.82) is 0 Å². The van der Waals surface area contributed by atoms with Gasteiger partial charge in [-0.2, -0.15) is 0 Å². The van der Waals surface area contributed by atoms with Gasteiger partial charge in [-0.3, -0.25) is 4.90 Å². The first-order valence-electron chi connectivity index (χ1n) is 7.55. The number of β-amino-alcohol motifs (C(OH)–C–C–N with tert-alkyl or cyclic N) is 1. The second-order valence-electron chi connectivity index (χ2n) is 5.87. The minimum Gasteiger partial charge on any atom is -0.491 e. The van der Waals surface area contributed by atoms with E-state index in [1.54, 1.807) is 0 Å². The molecule has 1 fully saturated rings. The predicted molar refractivity (Wildman–Crippen MR) is 86.2 cm³/mol. The highest BCUT2D eigenvalue weighted by Crippen LogP contribution is 2.32. The second-order valence-corrected chi connectivity index (χ2v) is 6.28. The highest BCUT2D eigenvalue weighted by Gasteiger charge is 2.20. The van der Waals surface area contributed by atoms with Gasteiger partial charge in [0.25, 0.3) is 0 Å². The van der Waals surface area contributed by atoms with Gasteiger partial charge in [-0.15, -0.1) is 0 Å². The monoisotopic (exact) mass is 312 g/mol. The lowest BCUT2D eigenvalue weighted by Gasteiger charge is -2.30. The number of nitrogens with zero attached hydrogens (tertiary/aromatic N) is 1. The number of aryl methyl sites for hydroxylation is 1. The van der Waals surface area contributed by atoms with E-state index in [2.05, 4.69) is 10.2 Å². The molecule has 1 aliphatic rings. The molecular weight excluding hydrogens is 288 g/mol. The SMILES string of the molecule is Cc1cc(OC(C)C)c(C(O)CN2CCNCC2)cc1Cl. The lowest BCUT2D eigenvalue weighted by atomic mass is 10.0. The first kappa shape index (κ1) is 16.6. The third-order valence-electron chi connectivity index (χ3n) is 3.65. The van der Waals surface area contributed by atoms with E-state index in [1.807, 2.05) is 32.9 Å². The van der Waals surface area contributed by atoms with Gasteiger partial charge in [-0.1, -0.05) is 11.6 Å². The number of benzene rings is 1. The second kappa shape index (κ2) is 7.45. The highest BCUT2D eigenvalue weighted by atomic mass is 35.5. The van der Waals surface area contributed by atoms with Crippen LogP contribution >= 0.6 is 11.6 Å². The first-order valence-corrected chi connectivity index (χ1v) is 7.93. The van der Waals surface area contributed by atoms with E-state index in [0.717, 1.165) is 43.1 Å². The van der Waals surface area contributed by atoms with Crippen molar-refractivity contribution in [3.8, 4) is 5.75 Å². The van der Waals surface area contributed by atoms with Crippen LogP contribution in [-0.2, 0) is 0 Å². The molecule has 0 amide bonds. The van der Waals surface area contributed by atoms with E-state index >= 15 is 0 Å². The summed E-state index contributed by atoms with van der Waals surface area (Å²) in [6, 6.07) is 3.75. The Hall–Kier alpha value is -0.810. The molecule has 118 valence electrons. The Morgan fingerprint density at radius 1 is 1.33 bits per heavy atom. The van der Waals surface area contributed by atoms with Gasteiger partial charge in [-0.25, -0.2) is 0 Å². The molecule has 0 aromatic heterocycles. The van der Waals surface area contributed by atoms with Crippen LogP contribution in [0.2, 0.25) is 5.02 Å². The topological polar surface area (TPSA) is 44.7 Å². The number of hydrogen-bond acceptors (Lipinski definition) is 4. The van der Waals surface area contributed by atoms with Crippen molar-refractivity contribution < 1.29 is 9.84 Å². The summed E-state index contributed by atoms with van der Waals surface area (Å²) in [5.74, 6) is 0.731. The maximum absolute atomic E-state index is 10.6. The van der Waals surface area contributed by atoms with Crippen LogP contribution in [0.1, 0.15) is 31.1 Å². The van der Waals surface area contributed by atoms with Crippen LogP contribution in [0.3, 0.4) is 0 Å². The largest absolute Gasteiger partial charge is 0.491 e. The molecule has 5 heteroatoms. The number of piperazine rings is 1. The Balaban J connectivity index is 2.17. The molecule has 1 aromatic rings. The van der Waals surface area contributed by atoms with Crippen molar-refractivity contribution >= 4 is 11.6 Å². The quantitative estimate of drug-likeness (QED) is 0.876. The number of halogens is 1. The van der Waals surface area contributed by atoms with Crippen LogP contribution < -0.4 is 10.1 Å². The summed E-state index contributed by atoms with van der Waals surface area (Å²) >= 11 is 6.22. The fourth-order valence-electron chi connectivity index (χ4n) is 2.52. The standard InChI is InChI=1S/C16H25ClN2O2/c1-11(2)21-16-8-12(3)14(17)9-13(16)15(20)10-19-6-4-18-5-7-19/h8-9,11,15,18,20H,4-7,10H2,1-3H3. The fourth-order valence-corrected chi connectivity index (χ4v) is 2.70. The summed E-state index contributed by atoms with van der Waals surface area (Å²) in [5, 5.41) is 14.6. The Morgan fingerprint density at radius 3 is 2.62 bits per heavy atom. The van der Waals surface area contributed by atoms with Crippen LogP contribution in [0.25, 0.3) is 0 Å². The van der Waals surface area contributed by atoms with Crippen LogP contribution in [0.15, 0.2) is 12.1 Å². The van der Waals surface area contributed by atoms with Crippen LogP contribution in [0.5, 0.6) is 5.75 Å². The number of rotatable bonds is 5. The maximum Gasteiger partial charge on any atom is 0.125 e. The number of ether oxygens (including phenoxy) is 1. The van der Waals surface area contributed by atoms with Gasteiger partial charge < -0.3 is 15.2 Å². The molecule has 0 spiro atoms. The minimum atomic E-state index is -0.588. The molecule has 0 saturated carbocycles. The van der Waals surface area contributed by atoms with E-state index < -0.39 is 6.10 Å². The lowest BCUT2D eigenvalue weighted by Crippen LogP contribution is -2.45. The molecule has 1 saturated heterocycles. The molecule has 1 aromatic carbocycles. The van der Waals surface area contributed by atoms with Crippen molar-refractivity contribution in [2.45, 2.75) is 33.0 Å². The summed E-state index contributed by atoms with van der Waals surface area (Å²) in [6.45, 7) is 10.4. The van der Waals surface area contributed by atoms with Crippen molar-refractivity contribution in [2.75, 3.05) is 32.7 Å². The zero-order chi connectivity index (χ0) is 15.4. The summed E-state index contributed by atoms with van der Waals surface area (Å²) in [4.78, 5) is 2.26. The summed E-state index contributed by atoms with van der Waals surface area (Å²) in [7, 11) is 0. The maximum atomic E-state index is 10.6. The highest BCUT2D eigenvalue weighted by molar-refractivity contribution is 6.31. The lowest BCUT2D eigenvalue weighted by molar-refractivity contribution is 0.101. The Morgan fingerprint density at radius 2 is 2.00 bits per heavy atom. The van der Waals surface area contributed by atoms with E-state index in [0.29, 0.717) is 11.6 Å². The molecular formula is C16H25ClN2O2. The molecule has 0 aliphatic carbocycles. The van der Waals surface area contributed by atoms with E-state index in [-0.39, 0.29) is 6.10 Å². The number of nitrogens with one attached hydrogen (secondary N) is 1. The number of hydrogen-bond donors (Lipinski definition) is 2. The van der Waals surface area contributed by atoms with Crippen LogP contribution in [0, 0.1) is 6.92 Å². The van der Waals surface area contributed by atoms with Gasteiger partial charge in [0.15, 0.2) is 0 Å². The molecule has 4 nitrogen and oxygen atoms in total. The normalized spacial score (nSPS) is 18.0. The van der Waals surface area contributed by atoms with Gasteiger partial charge in [0.2, 0.25) is 0 Å². The molecule has 2 N–H and O–H groups in total. The molecule has 1 unspecified atom stereocenters.